The summed E-state index contributed by atoms with van der Waals surface area (Å²) in [6.45, 7) is 2.60. The van der Waals surface area contributed by atoms with Crippen molar-refractivity contribution < 1.29 is 4.79 Å². The summed E-state index contributed by atoms with van der Waals surface area (Å²) in [6, 6.07) is 9.37. The van der Waals surface area contributed by atoms with E-state index in [4.69, 9.17) is 0 Å². The van der Waals surface area contributed by atoms with E-state index >= 15 is 0 Å². The summed E-state index contributed by atoms with van der Waals surface area (Å²) in [5.41, 5.74) is 1.62. The summed E-state index contributed by atoms with van der Waals surface area (Å²) in [5.74, 6) is -0.0862. The molecule has 3 aromatic rings. The summed E-state index contributed by atoms with van der Waals surface area (Å²) in [5, 5.41) is 8.05. The van der Waals surface area contributed by atoms with Crippen LogP contribution in [0.15, 0.2) is 60.3 Å². The molecule has 0 spiro atoms. The van der Waals surface area contributed by atoms with Crippen molar-refractivity contribution >= 4 is 17.7 Å². The van der Waals surface area contributed by atoms with Crippen LogP contribution in [0.5, 0.6) is 0 Å². The van der Waals surface area contributed by atoms with Gasteiger partial charge in [-0.25, -0.2) is 4.98 Å². The Balaban J connectivity index is 1.65. The van der Waals surface area contributed by atoms with Crippen molar-refractivity contribution in [2.24, 2.45) is 0 Å². The molecular weight excluding hydrogens is 322 g/mol. The Labute approximate surface area is 144 Å². The fourth-order valence-corrected chi connectivity index (χ4v) is 2.98. The molecule has 0 aliphatic rings. The van der Waals surface area contributed by atoms with E-state index in [0.29, 0.717) is 12.1 Å². The molecule has 0 fully saturated rings. The molecule has 1 aromatic carbocycles. The number of nitrogens with zero attached hydrogens (tertiary/aromatic N) is 4. The number of thioether (sulfide) groups is 1. The zero-order valence-corrected chi connectivity index (χ0v) is 14.4. The molecule has 124 valence electrons. The Hall–Kier alpha value is -2.54. The molecule has 1 N–H and O–H groups in total. The Morgan fingerprint density at radius 1 is 1.25 bits per heavy atom. The molecule has 6 nitrogen and oxygen atoms in total. The standard InChI is InChI=1S/C17H19N5OS/c1-13(12-21-10-3-8-19-21)20-16(23)14-4-6-15(7-5-14)22-11-9-18-17(22)24-2/h3-11,13H,12H2,1-2H3,(H,20,23)/t13-/m0/s1. The summed E-state index contributed by atoms with van der Waals surface area (Å²) < 4.78 is 3.80. The minimum atomic E-state index is -0.0862. The first-order valence-electron chi connectivity index (χ1n) is 7.63. The Morgan fingerprint density at radius 3 is 2.71 bits per heavy atom. The van der Waals surface area contributed by atoms with Gasteiger partial charge < -0.3 is 5.32 Å². The van der Waals surface area contributed by atoms with E-state index in [9.17, 15) is 4.79 Å². The number of carbonyl (C=O) groups is 1. The van der Waals surface area contributed by atoms with Crippen LogP contribution in [-0.2, 0) is 6.54 Å². The first-order valence-corrected chi connectivity index (χ1v) is 8.86. The van der Waals surface area contributed by atoms with Gasteiger partial charge in [0.25, 0.3) is 5.91 Å². The maximum atomic E-state index is 12.3. The maximum Gasteiger partial charge on any atom is 0.251 e. The van der Waals surface area contributed by atoms with Gasteiger partial charge in [0.1, 0.15) is 0 Å². The summed E-state index contributed by atoms with van der Waals surface area (Å²) >= 11 is 1.58. The van der Waals surface area contributed by atoms with Crippen LogP contribution >= 0.6 is 11.8 Å². The van der Waals surface area contributed by atoms with Crippen molar-refractivity contribution in [1.82, 2.24) is 24.6 Å². The Morgan fingerprint density at radius 2 is 2.04 bits per heavy atom. The highest BCUT2D eigenvalue weighted by Crippen LogP contribution is 2.18. The molecule has 0 aliphatic carbocycles. The van der Waals surface area contributed by atoms with Gasteiger partial charge in [0.2, 0.25) is 0 Å². The highest BCUT2D eigenvalue weighted by atomic mass is 32.2. The molecule has 1 amide bonds. The van der Waals surface area contributed by atoms with Crippen molar-refractivity contribution in [3.63, 3.8) is 0 Å². The maximum absolute atomic E-state index is 12.3. The average molecular weight is 341 g/mol. The van der Waals surface area contributed by atoms with Crippen LogP contribution in [0.1, 0.15) is 17.3 Å². The third-order valence-corrected chi connectivity index (χ3v) is 4.26. The van der Waals surface area contributed by atoms with Gasteiger partial charge in [-0.3, -0.25) is 14.0 Å². The molecule has 7 heteroatoms. The minimum Gasteiger partial charge on any atom is -0.348 e. The molecule has 0 saturated heterocycles. The number of hydrogen-bond acceptors (Lipinski definition) is 4. The number of hydrogen-bond donors (Lipinski definition) is 1. The summed E-state index contributed by atoms with van der Waals surface area (Å²) in [4.78, 5) is 16.6. The third-order valence-electron chi connectivity index (χ3n) is 3.59. The monoisotopic (exact) mass is 341 g/mol. The van der Waals surface area contributed by atoms with Crippen molar-refractivity contribution in [1.29, 1.82) is 0 Å². The van der Waals surface area contributed by atoms with E-state index < -0.39 is 0 Å². The smallest absolute Gasteiger partial charge is 0.251 e. The lowest BCUT2D eigenvalue weighted by Crippen LogP contribution is -2.35. The lowest BCUT2D eigenvalue weighted by atomic mass is 10.2. The predicted octanol–water partition coefficient (Wildman–Crippen LogP) is 2.61. The molecule has 24 heavy (non-hydrogen) atoms. The number of aromatic nitrogens is 4. The first-order chi connectivity index (χ1) is 11.7. The number of nitrogens with one attached hydrogen (secondary N) is 1. The third kappa shape index (κ3) is 3.68. The number of amides is 1. The Bertz CT molecular complexity index is 795. The van der Waals surface area contributed by atoms with E-state index in [0.717, 1.165) is 10.8 Å². The molecule has 0 bridgehead atoms. The van der Waals surface area contributed by atoms with E-state index in [1.165, 1.54) is 0 Å². The molecule has 0 aliphatic heterocycles. The van der Waals surface area contributed by atoms with Crippen molar-refractivity contribution in [2.45, 2.75) is 24.7 Å². The van der Waals surface area contributed by atoms with E-state index in [1.807, 2.05) is 60.5 Å². The number of benzene rings is 1. The van der Waals surface area contributed by atoms with Crippen molar-refractivity contribution in [3.05, 3.63) is 60.7 Å². The van der Waals surface area contributed by atoms with Crippen LogP contribution < -0.4 is 5.32 Å². The van der Waals surface area contributed by atoms with Gasteiger partial charge in [-0.05, 0) is 43.5 Å². The number of imidazole rings is 1. The van der Waals surface area contributed by atoms with Crippen LogP contribution in [0.25, 0.3) is 5.69 Å². The molecule has 3 rings (SSSR count). The topological polar surface area (TPSA) is 64.7 Å². The second kappa shape index (κ2) is 7.35. The van der Waals surface area contributed by atoms with Crippen LogP contribution in [0.4, 0.5) is 0 Å². The lowest BCUT2D eigenvalue weighted by molar-refractivity contribution is 0.0936. The highest BCUT2D eigenvalue weighted by molar-refractivity contribution is 7.98. The molecular formula is C17H19N5OS. The van der Waals surface area contributed by atoms with Crippen LogP contribution in [0.2, 0.25) is 0 Å². The van der Waals surface area contributed by atoms with Crippen LogP contribution in [-0.4, -0.2) is 37.5 Å². The van der Waals surface area contributed by atoms with E-state index in [1.54, 1.807) is 28.8 Å². The normalized spacial score (nSPS) is 12.1. The largest absolute Gasteiger partial charge is 0.348 e. The number of rotatable bonds is 6. The molecule has 2 aromatic heterocycles. The molecule has 2 heterocycles. The van der Waals surface area contributed by atoms with Crippen molar-refractivity contribution in [2.75, 3.05) is 6.26 Å². The molecule has 0 radical (unpaired) electrons. The zero-order valence-electron chi connectivity index (χ0n) is 13.6. The first kappa shape index (κ1) is 16.3. The van der Waals surface area contributed by atoms with E-state index in [2.05, 4.69) is 15.4 Å². The quantitative estimate of drug-likeness (QED) is 0.700. The van der Waals surface area contributed by atoms with Gasteiger partial charge in [-0.1, -0.05) is 11.8 Å². The van der Waals surface area contributed by atoms with Gasteiger partial charge in [-0.2, -0.15) is 5.10 Å². The van der Waals surface area contributed by atoms with Crippen LogP contribution in [0.3, 0.4) is 0 Å². The number of carbonyl (C=O) groups excluding carboxylic acids is 1. The zero-order chi connectivity index (χ0) is 16.9. The SMILES string of the molecule is CSc1nccn1-c1ccc(C(=O)N[C@@H](C)Cn2cccn2)cc1. The fraction of sp³-hybridized carbons (Fsp3) is 0.235. The van der Waals surface area contributed by atoms with Crippen molar-refractivity contribution in [3.8, 4) is 5.69 Å². The van der Waals surface area contributed by atoms with Gasteiger partial charge in [-0.15, -0.1) is 0 Å². The lowest BCUT2D eigenvalue weighted by Gasteiger charge is -2.14. The van der Waals surface area contributed by atoms with Gasteiger partial charge in [0, 0.05) is 42.1 Å². The average Bonchev–Trinajstić information content (AvgIpc) is 3.25. The van der Waals surface area contributed by atoms with E-state index in [-0.39, 0.29) is 11.9 Å². The van der Waals surface area contributed by atoms with Crippen LogP contribution in [0, 0.1) is 0 Å². The summed E-state index contributed by atoms with van der Waals surface area (Å²) in [6.07, 6.45) is 9.27. The molecule has 0 saturated carbocycles. The second-order valence-corrected chi connectivity index (χ2v) is 6.21. The second-order valence-electron chi connectivity index (χ2n) is 5.43. The van der Waals surface area contributed by atoms with Gasteiger partial charge in [0.15, 0.2) is 5.16 Å². The predicted molar refractivity (Wildman–Crippen MR) is 94.5 cm³/mol. The highest BCUT2D eigenvalue weighted by Gasteiger charge is 2.11. The Kier molecular flexibility index (Phi) is 5.00. The minimum absolute atomic E-state index is 0.00572. The summed E-state index contributed by atoms with van der Waals surface area (Å²) in [7, 11) is 0. The fourth-order valence-electron chi connectivity index (χ4n) is 2.45. The molecule has 0 unspecified atom stereocenters. The van der Waals surface area contributed by atoms with Gasteiger partial charge in [0.05, 0.1) is 6.54 Å². The van der Waals surface area contributed by atoms with Gasteiger partial charge >= 0.3 is 0 Å². The molecule has 1 atom stereocenters.